The van der Waals surface area contributed by atoms with Crippen LogP contribution in [0.25, 0.3) is 33.5 Å². The number of fused-ring (bicyclic) bond motifs is 1. The maximum absolute atomic E-state index is 6.46. The van der Waals surface area contributed by atoms with Gasteiger partial charge in [-0.15, -0.1) is 10.2 Å². The van der Waals surface area contributed by atoms with Crippen LogP contribution in [-0.2, 0) is 24.3 Å². The zero-order chi connectivity index (χ0) is 24.2. The monoisotopic (exact) mass is 487 g/mol. The van der Waals surface area contributed by atoms with E-state index in [1.165, 1.54) is 0 Å². The Bertz CT molecular complexity index is 1450. The number of aromatic nitrogens is 7. The van der Waals surface area contributed by atoms with E-state index in [1.807, 2.05) is 30.3 Å². The Labute approximate surface area is 208 Å². The molecule has 0 saturated carbocycles. The second-order valence-corrected chi connectivity index (χ2v) is 8.75. The number of H-pyrrole nitrogens is 1. The van der Waals surface area contributed by atoms with Crippen LogP contribution in [0.2, 0.25) is 5.15 Å². The standard InChI is InChI=1S/C26H26ClN7O/c1-3-4-9-24-29-25(27)23(16-35-2)34(24)15-17-10-12-21-18(14-17)11-13-22(28-21)19-7-5-6-8-20(19)26-30-32-33-31-26/h5-8,10-14H,3-4,9,15-16H2,1-2H3,(H,30,31,32,33). The third-order valence-electron chi connectivity index (χ3n) is 6.02. The van der Waals surface area contributed by atoms with Crippen LogP contribution in [0, 0.1) is 0 Å². The van der Waals surface area contributed by atoms with Crippen molar-refractivity contribution in [3.8, 4) is 22.6 Å². The molecule has 35 heavy (non-hydrogen) atoms. The van der Waals surface area contributed by atoms with Crippen molar-refractivity contribution in [1.29, 1.82) is 0 Å². The number of halogens is 1. The average Bonchev–Trinajstić information content (AvgIpc) is 3.52. The molecule has 0 aliphatic heterocycles. The summed E-state index contributed by atoms with van der Waals surface area (Å²) in [6, 6.07) is 18.4. The summed E-state index contributed by atoms with van der Waals surface area (Å²) in [4.78, 5) is 9.55. The maximum Gasteiger partial charge on any atom is 0.205 e. The van der Waals surface area contributed by atoms with Crippen molar-refractivity contribution in [2.45, 2.75) is 39.3 Å². The summed E-state index contributed by atoms with van der Waals surface area (Å²) < 4.78 is 7.58. The third kappa shape index (κ3) is 4.80. The summed E-state index contributed by atoms with van der Waals surface area (Å²) in [5, 5.41) is 16.1. The van der Waals surface area contributed by atoms with Crippen molar-refractivity contribution in [3.63, 3.8) is 0 Å². The number of tetrazole rings is 1. The fourth-order valence-electron chi connectivity index (χ4n) is 4.28. The van der Waals surface area contributed by atoms with Crippen LogP contribution >= 0.6 is 11.6 Å². The molecule has 5 rings (SSSR count). The van der Waals surface area contributed by atoms with E-state index in [-0.39, 0.29) is 0 Å². The molecule has 1 N–H and O–H groups in total. The Morgan fingerprint density at radius 1 is 1.03 bits per heavy atom. The Morgan fingerprint density at radius 3 is 2.66 bits per heavy atom. The molecular formula is C26H26ClN7O. The minimum atomic E-state index is 0.427. The van der Waals surface area contributed by atoms with Crippen LogP contribution in [0.1, 0.15) is 36.8 Å². The number of ether oxygens (including phenoxy) is 1. The molecular weight excluding hydrogens is 462 g/mol. The molecule has 3 aromatic heterocycles. The predicted molar refractivity (Wildman–Crippen MR) is 136 cm³/mol. The molecule has 0 fully saturated rings. The molecule has 9 heteroatoms. The summed E-state index contributed by atoms with van der Waals surface area (Å²) in [6.07, 6.45) is 3.05. The van der Waals surface area contributed by atoms with Crippen molar-refractivity contribution in [3.05, 3.63) is 76.8 Å². The second-order valence-electron chi connectivity index (χ2n) is 8.39. The quantitative estimate of drug-likeness (QED) is 0.296. The van der Waals surface area contributed by atoms with E-state index < -0.39 is 0 Å². The van der Waals surface area contributed by atoms with Crippen molar-refractivity contribution in [2.24, 2.45) is 0 Å². The molecule has 178 valence electrons. The highest BCUT2D eigenvalue weighted by atomic mass is 35.5. The fourth-order valence-corrected chi connectivity index (χ4v) is 4.53. The lowest BCUT2D eigenvalue weighted by Gasteiger charge is -2.13. The van der Waals surface area contributed by atoms with Gasteiger partial charge >= 0.3 is 0 Å². The first-order chi connectivity index (χ1) is 17.2. The normalized spacial score (nSPS) is 11.4. The van der Waals surface area contributed by atoms with Crippen molar-refractivity contribution in [1.82, 2.24) is 35.2 Å². The molecule has 0 aliphatic carbocycles. The molecule has 0 bridgehead atoms. The van der Waals surface area contributed by atoms with E-state index >= 15 is 0 Å². The maximum atomic E-state index is 6.46. The molecule has 0 saturated heterocycles. The first-order valence-corrected chi connectivity index (χ1v) is 12.0. The number of pyridine rings is 1. The average molecular weight is 488 g/mol. The molecule has 0 atom stereocenters. The zero-order valence-electron chi connectivity index (χ0n) is 19.7. The van der Waals surface area contributed by atoms with Gasteiger partial charge in [-0.25, -0.2) is 9.97 Å². The molecule has 0 amide bonds. The van der Waals surface area contributed by atoms with Crippen LogP contribution in [0.4, 0.5) is 0 Å². The van der Waals surface area contributed by atoms with Crippen LogP contribution in [0.5, 0.6) is 0 Å². The number of hydrogen-bond acceptors (Lipinski definition) is 6. The molecule has 5 aromatic rings. The summed E-state index contributed by atoms with van der Waals surface area (Å²) in [5.74, 6) is 1.54. The number of rotatable bonds is 9. The number of unbranched alkanes of at least 4 members (excludes halogenated alkanes) is 1. The topological polar surface area (TPSA) is 94.4 Å². The van der Waals surface area contributed by atoms with E-state index in [2.05, 4.69) is 61.4 Å². The predicted octanol–water partition coefficient (Wildman–Crippen LogP) is 5.47. The Hall–Kier alpha value is -3.62. The minimum absolute atomic E-state index is 0.427. The summed E-state index contributed by atoms with van der Waals surface area (Å²) >= 11 is 6.46. The SMILES string of the molecule is CCCCc1nc(Cl)c(COC)n1Cc1ccc2nc(-c3ccccc3-c3nn[nH]n3)ccc2c1. The fraction of sp³-hybridized carbons (Fsp3) is 0.269. The lowest BCUT2D eigenvalue weighted by atomic mass is 10.0. The lowest BCUT2D eigenvalue weighted by Crippen LogP contribution is -2.10. The summed E-state index contributed by atoms with van der Waals surface area (Å²) in [7, 11) is 1.68. The van der Waals surface area contributed by atoms with Crippen molar-refractivity contribution < 1.29 is 4.74 Å². The second kappa shape index (κ2) is 10.3. The van der Waals surface area contributed by atoms with E-state index in [1.54, 1.807) is 7.11 Å². The minimum Gasteiger partial charge on any atom is -0.378 e. The van der Waals surface area contributed by atoms with Gasteiger partial charge in [-0.2, -0.15) is 5.21 Å². The Morgan fingerprint density at radius 2 is 1.89 bits per heavy atom. The Balaban J connectivity index is 1.48. The number of nitrogens with zero attached hydrogens (tertiary/aromatic N) is 6. The van der Waals surface area contributed by atoms with Gasteiger partial charge in [0.2, 0.25) is 5.82 Å². The molecule has 3 heterocycles. The zero-order valence-corrected chi connectivity index (χ0v) is 20.5. The van der Waals surface area contributed by atoms with E-state index in [4.69, 9.17) is 21.3 Å². The first kappa shape index (κ1) is 23.1. The third-order valence-corrected chi connectivity index (χ3v) is 6.32. The molecule has 2 aromatic carbocycles. The highest BCUT2D eigenvalue weighted by molar-refractivity contribution is 6.30. The van der Waals surface area contributed by atoms with Gasteiger partial charge in [-0.3, -0.25) is 0 Å². The summed E-state index contributed by atoms with van der Waals surface area (Å²) in [5.41, 5.74) is 5.68. The number of hydrogen-bond donors (Lipinski definition) is 1. The number of methoxy groups -OCH3 is 1. The molecule has 8 nitrogen and oxygen atoms in total. The van der Waals surface area contributed by atoms with Gasteiger partial charge in [-0.1, -0.05) is 61.3 Å². The number of imidazole rings is 1. The van der Waals surface area contributed by atoms with Gasteiger partial charge in [0, 0.05) is 36.6 Å². The summed E-state index contributed by atoms with van der Waals surface area (Å²) in [6.45, 7) is 3.28. The number of benzene rings is 2. The highest BCUT2D eigenvalue weighted by Gasteiger charge is 2.16. The van der Waals surface area contributed by atoms with E-state index in [0.29, 0.717) is 24.1 Å². The smallest absolute Gasteiger partial charge is 0.205 e. The van der Waals surface area contributed by atoms with Gasteiger partial charge in [0.25, 0.3) is 0 Å². The lowest BCUT2D eigenvalue weighted by molar-refractivity contribution is 0.178. The number of aryl methyl sites for hydroxylation is 1. The van der Waals surface area contributed by atoms with Crippen LogP contribution < -0.4 is 0 Å². The molecule has 0 spiro atoms. The van der Waals surface area contributed by atoms with E-state index in [9.17, 15) is 0 Å². The van der Waals surface area contributed by atoms with Gasteiger partial charge in [-0.05, 0) is 35.4 Å². The van der Waals surface area contributed by atoms with Crippen LogP contribution in [0.15, 0.2) is 54.6 Å². The van der Waals surface area contributed by atoms with Crippen molar-refractivity contribution >= 4 is 22.5 Å². The van der Waals surface area contributed by atoms with E-state index in [0.717, 1.165) is 64.1 Å². The molecule has 0 aliphatic rings. The number of aromatic amines is 1. The largest absolute Gasteiger partial charge is 0.378 e. The van der Waals surface area contributed by atoms with Gasteiger partial charge in [0.1, 0.15) is 5.82 Å². The van der Waals surface area contributed by atoms with Gasteiger partial charge < -0.3 is 9.30 Å². The van der Waals surface area contributed by atoms with Crippen LogP contribution in [0.3, 0.4) is 0 Å². The molecule has 0 radical (unpaired) electrons. The van der Waals surface area contributed by atoms with Crippen molar-refractivity contribution in [2.75, 3.05) is 7.11 Å². The highest BCUT2D eigenvalue weighted by Crippen LogP contribution is 2.30. The van der Waals surface area contributed by atoms with Gasteiger partial charge in [0.05, 0.1) is 23.5 Å². The first-order valence-electron chi connectivity index (χ1n) is 11.6. The number of nitrogens with one attached hydrogen (secondary N) is 1. The van der Waals surface area contributed by atoms with Gasteiger partial charge in [0.15, 0.2) is 5.15 Å². The molecule has 0 unspecified atom stereocenters. The van der Waals surface area contributed by atoms with Crippen LogP contribution in [-0.4, -0.2) is 42.3 Å². The Kier molecular flexibility index (Phi) is 6.83.